The van der Waals surface area contributed by atoms with Crippen molar-refractivity contribution in [3.8, 4) is 0 Å². The average molecular weight is 1050 g/mol. The first kappa shape index (κ1) is 55.2. The molecule has 6 aliphatic heterocycles. The predicted molar refractivity (Wildman–Crippen MR) is 247 cm³/mol. The highest BCUT2D eigenvalue weighted by Gasteiger charge is 2.69. The molecule has 418 valence electrons. The van der Waals surface area contributed by atoms with Gasteiger partial charge in [-0.3, -0.25) is 0 Å². The van der Waals surface area contributed by atoms with Crippen molar-refractivity contribution >= 4 is 0 Å². The highest BCUT2D eigenvalue weighted by Crippen LogP contribution is 2.71. The Labute approximate surface area is 425 Å². The molecule has 9 fully saturated rings. The van der Waals surface area contributed by atoms with E-state index in [-0.39, 0.29) is 16.9 Å². The fourth-order valence-corrected chi connectivity index (χ4v) is 15.5. The molecule has 0 aromatic heterocycles. The lowest BCUT2D eigenvalue weighted by Gasteiger charge is -2.59. The van der Waals surface area contributed by atoms with Gasteiger partial charge in [-0.15, -0.1) is 0 Å². The summed E-state index contributed by atoms with van der Waals surface area (Å²) < 4.78 is 61.8. The maximum atomic E-state index is 12.3. The highest BCUT2D eigenvalue weighted by molar-refractivity contribution is 5.26. The molecule has 6 heterocycles. The summed E-state index contributed by atoms with van der Waals surface area (Å²) >= 11 is 0. The summed E-state index contributed by atoms with van der Waals surface area (Å²) in [5.74, 6) is 2.32. The van der Waals surface area contributed by atoms with Crippen LogP contribution in [0.3, 0.4) is 0 Å². The minimum absolute atomic E-state index is 0.0914. The zero-order valence-corrected chi connectivity index (χ0v) is 42.4. The summed E-state index contributed by atoms with van der Waals surface area (Å²) in [6.45, 7) is 9.28. The molecule has 10 aliphatic rings. The van der Waals surface area contributed by atoms with E-state index in [0.29, 0.717) is 48.3 Å². The van der Waals surface area contributed by atoms with Crippen molar-refractivity contribution in [2.45, 2.75) is 233 Å². The lowest BCUT2D eigenvalue weighted by Crippen LogP contribution is -2.68. The molecular weight excluding hydrogens is 965 g/mol. The summed E-state index contributed by atoms with van der Waals surface area (Å²) in [6, 6.07) is 0. The van der Waals surface area contributed by atoms with Crippen LogP contribution in [0.5, 0.6) is 0 Å². The summed E-state index contributed by atoms with van der Waals surface area (Å²) in [5.41, 5.74) is 1.35. The largest absolute Gasteiger partial charge is 0.394 e. The van der Waals surface area contributed by atoms with Crippen molar-refractivity contribution in [1.82, 2.24) is 0 Å². The van der Waals surface area contributed by atoms with Gasteiger partial charge in [0.1, 0.15) is 91.6 Å². The highest BCUT2D eigenvalue weighted by atomic mass is 16.8. The second-order valence-corrected chi connectivity index (χ2v) is 23.9. The van der Waals surface area contributed by atoms with E-state index in [1.807, 2.05) is 0 Å². The third-order valence-corrected chi connectivity index (χ3v) is 19.8. The zero-order chi connectivity index (χ0) is 52.2. The van der Waals surface area contributed by atoms with Gasteiger partial charge >= 0.3 is 0 Å². The topological polar surface area (TPSA) is 335 Å². The molecule has 22 nitrogen and oxygen atoms in total. The second kappa shape index (κ2) is 21.2. The molecule has 0 bridgehead atoms. The minimum Gasteiger partial charge on any atom is -0.394 e. The summed E-state index contributed by atoms with van der Waals surface area (Å²) in [4.78, 5) is 0. The number of aliphatic hydroxyl groups is 12. The van der Waals surface area contributed by atoms with Crippen molar-refractivity contribution < 1.29 is 109 Å². The average Bonchev–Trinajstić information content (AvgIpc) is 3.82. The Bertz CT molecular complexity index is 1920. The van der Waals surface area contributed by atoms with Crippen LogP contribution >= 0.6 is 0 Å². The Morgan fingerprint density at radius 3 is 1.86 bits per heavy atom. The van der Waals surface area contributed by atoms with Gasteiger partial charge in [-0.2, -0.15) is 0 Å². The van der Waals surface area contributed by atoms with Gasteiger partial charge in [0.15, 0.2) is 30.9 Å². The third-order valence-electron chi connectivity index (χ3n) is 19.8. The predicted octanol–water partition coefficient (Wildman–Crippen LogP) is -1.96. The van der Waals surface area contributed by atoms with Crippen molar-refractivity contribution in [3.05, 3.63) is 11.6 Å². The van der Waals surface area contributed by atoms with Crippen molar-refractivity contribution in [3.63, 3.8) is 0 Å². The lowest BCUT2D eigenvalue weighted by molar-refractivity contribution is -0.396. The Kier molecular flexibility index (Phi) is 16.0. The van der Waals surface area contributed by atoms with E-state index in [9.17, 15) is 61.3 Å². The molecule has 0 amide bonds. The Morgan fingerprint density at radius 1 is 0.575 bits per heavy atom. The Hall–Kier alpha value is -1.14. The van der Waals surface area contributed by atoms with Crippen LogP contribution in [0.25, 0.3) is 0 Å². The minimum atomic E-state index is -2.00. The van der Waals surface area contributed by atoms with Crippen molar-refractivity contribution in [1.29, 1.82) is 0 Å². The third kappa shape index (κ3) is 9.42. The number of fused-ring (bicyclic) bond motifs is 7. The number of allylic oxidation sites excluding steroid dienone is 1. The smallest absolute Gasteiger partial charge is 0.187 e. The molecule has 31 atom stereocenters. The molecule has 10 rings (SSSR count). The van der Waals surface area contributed by atoms with E-state index in [1.54, 1.807) is 0 Å². The van der Waals surface area contributed by atoms with Gasteiger partial charge in [-0.25, -0.2) is 0 Å². The van der Waals surface area contributed by atoms with Crippen LogP contribution in [-0.2, 0) is 47.4 Å². The molecule has 3 saturated carbocycles. The summed E-state index contributed by atoms with van der Waals surface area (Å²) in [5, 5.41) is 130. The van der Waals surface area contributed by atoms with Crippen molar-refractivity contribution in [2.75, 3.05) is 26.4 Å². The van der Waals surface area contributed by atoms with Gasteiger partial charge in [0, 0.05) is 12.3 Å². The monoisotopic (exact) mass is 1050 g/mol. The van der Waals surface area contributed by atoms with Crippen LogP contribution in [0.1, 0.15) is 92.4 Å². The van der Waals surface area contributed by atoms with Crippen LogP contribution in [-0.4, -0.2) is 229 Å². The number of aliphatic hydroxyl groups excluding tert-OH is 12. The van der Waals surface area contributed by atoms with Crippen LogP contribution in [0, 0.1) is 46.3 Å². The second-order valence-electron chi connectivity index (χ2n) is 23.9. The Balaban J connectivity index is 0.857. The molecule has 0 radical (unpaired) electrons. The number of hydrogen-bond acceptors (Lipinski definition) is 22. The number of hydrogen-bond donors (Lipinski definition) is 12. The van der Waals surface area contributed by atoms with Gasteiger partial charge in [-0.1, -0.05) is 39.3 Å². The van der Waals surface area contributed by atoms with Crippen LogP contribution in [0.2, 0.25) is 0 Å². The van der Waals surface area contributed by atoms with Crippen LogP contribution in [0.15, 0.2) is 11.6 Å². The summed E-state index contributed by atoms with van der Waals surface area (Å²) in [7, 11) is 0. The van der Waals surface area contributed by atoms with E-state index in [4.69, 9.17) is 47.4 Å². The van der Waals surface area contributed by atoms with Gasteiger partial charge < -0.3 is 109 Å². The van der Waals surface area contributed by atoms with E-state index >= 15 is 0 Å². The van der Waals surface area contributed by atoms with E-state index in [2.05, 4.69) is 33.8 Å². The molecule has 4 aliphatic carbocycles. The van der Waals surface area contributed by atoms with E-state index < -0.39 is 155 Å². The fraction of sp³-hybridized carbons (Fsp3) is 0.961. The van der Waals surface area contributed by atoms with E-state index in [1.165, 1.54) is 12.5 Å². The molecule has 1 unspecified atom stereocenters. The van der Waals surface area contributed by atoms with Gasteiger partial charge in [-0.05, 0) is 98.7 Å². The molecule has 73 heavy (non-hydrogen) atoms. The molecule has 12 N–H and O–H groups in total. The van der Waals surface area contributed by atoms with Gasteiger partial charge in [0.2, 0.25) is 0 Å². The molecule has 0 aromatic rings. The van der Waals surface area contributed by atoms with Gasteiger partial charge in [0.25, 0.3) is 0 Å². The van der Waals surface area contributed by atoms with Gasteiger partial charge in [0.05, 0.1) is 44.7 Å². The first-order chi connectivity index (χ1) is 34.7. The molecular formula is C51H82O22. The molecule has 6 saturated heterocycles. The normalized spacial score (nSPS) is 57.1. The SMILES string of the molecule is CC1CC[C@@]2(OC1)O[C@H]1C[C@H]3[C@@H]4CC=C5C[C@@H](O[C@@H]6O[C@H](CO)[C@@H](O[C@@H]7O[C@H](CO)[C@@H](O)[C@H](O[C@@H]8O[C@H](CO)[C@@H](O)[C@H](O)[C@H]8O)[C@H]7O)[C@H](O)[C@H]6O[C@@H]6O[C@@H](C)[C@H](O)[C@@H](O)[C@H]6O)CC[C@]5(C)[C@H]4CC[C@]3(C)[C@H]1[C@@H]2C. The Morgan fingerprint density at radius 2 is 1.19 bits per heavy atom. The zero-order valence-electron chi connectivity index (χ0n) is 42.4. The van der Waals surface area contributed by atoms with Crippen molar-refractivity contribution in [2.24, 2.45) is 46.3 Å². The van der Waals surface area contributed by atoms with Crippen LogP contribution < -0.4 is 0 Å². The molecule has 22 heteroatoms. The maximum absolute atomic E-state index is 12.3. The standard InChI is InChI=1S/C51H82O22/c1-20-8-13-51(64-19-20)21(2)32-28(73-51)15-27-25-7-6-23-14-24(9-11-49(23,4)26(25)10-12-50(27,32)5)66-48-44(72-45-38(60)36(58)33(55)22(3)65-45)40(62)42(31(18-54)69-48)70-47-41(63)43(35(57)30(17-53)68-47)71-46-39(61)37(59)34(56)29(16-52)67-46/h6,20-22,24-48,52-63H,7-19H2,1-5H3/t20?,21-,22-,24-,25+,26-,27-,28-,29+,30+,31+,32-,33-,34+,35+,36+,37-,38+,39+,40-,41+,42+,43-,44+,45-,46-,47-,48+,49-,50-,51+/m0/s1. The lowest BCUT2D eigenvalue weighted by atomic mass is 9.47. The first-order valence-corrected chi connectivity index (χ1v) is 26.9. The maximum Gasteiger partial charge on any atom is 0.187 e. The quantitative estimate of drug-likeness (QED) is 0.1000. The van der Waals surface area contributed by atoms with E-state index in [0.717, 1.165) is 51.6 Å². The summed E-state index contributed by atoms with van der Waals surface area (Å²) in [6.07, 6.45) is -23.0. The van der Waals surface area contributed by atoms with Crippen LogP contribution in [0.4, 0.5) is 0 Å². The first-order valence-electron chi connectivity index (χ1n) is 26.9. The number of ether oxygens (including phenoxy) is 10. The number of rotatable bonds is 11. The fourth-order valence-electron chi connectivity index (χ4n) is 15.5. The molecule has 1 spiro atoms. The molecule has 0 aromatic carbocycles.